The minimum atomic E-state index is 0.134. The fourth-order valence-electron chi connectivity index (χ4n) is 3.03. The number of thioether (sulfide) groups is 1. The third-order valence-corrected chi connectivity index (χ3v) is 5.33. The molecule has 1 atom stereocenters. The van der Waals surface area contributed by atoms with Crippen LogP contribution in [0.25, 0.3) is 0 Å². The number of carbonyl (C=O) groups excluding carboxylic acids is 1. The van der Waals surface area contributed by atoms with E-state index in [1.54, 1.807) is 6.33 Å². The number of benzene rings is 1. The standard InChI is InChI=1S/C17H22N4OS/c1-12(2)21-11-18-19-17(21)23-10-16(22)20(3)15-9-8-13-6-4-5-7-14(13)15/h4-7,11-12,15H,8-10H2,1-3H3/t15-/m1/s1. The van der Waals surface area contributed by atoms with Crippen LogP contribution in [-0.2, 0) is 11.2 Å². The molecule has 1 aromatic heterocycles. The second kappa shape index (κ2) is 6.74. The smallest absolute Gasteiger partial charge is 0.233 e. The summed E-state index contributed by atoms with van der Waals surface area (Å²) in [6, 6.07) is 8.91. The average Bonchev–Trinajstić information content (AvgIpc) is 3.18. The summed E-state index contributed by atoms with van der Waals surface area (Å²) in [6.45, 7) is 4.16. The molecule has 1 amide bonds. The Morgan fingerprint density at radius 2 is 2.22 bits per heavy atom. The Balaban J connectivity index is 1.64. The van der Waals surface area contributed by atoms with Gasteiger partial charge in [0, 0.05) is 13.1 Å². The van der Waals surface area contributed by atoms with Crippen LogP contribution >= 0.6 is 11.8 Å². The third kappa shape index (κ3) is 3.27. The number of aromatic nitrogens is 3. The van der Waals surface area contributed by atoms with Crippen LogP contribution in [0.1, 0.15) is 43.5 Å². The van der Waals surface area contributed by atoms with Gasteiger partial charge in [-0.3, -0.25) is 4.79 Å². The predicted molar refractivity (Wildman–Crippen MR) is 91.4 cm³/mol. The highest BCUT2D eigenvalue weighted by atomic mass is 32.2. The third-order valence-electron chi connectivity index (χ3n) is 4.38. The maximum absolute atomic E-state index is 12.6. The van der Waals surface area contributed by atoms with E-state index in [4.69, 9.17) is 0 Å². The molecule has 0 unspecified atom stereocenters. The quantitative estimate of drug-likeness (QED) is 0.791. The van der Waals surface area contributed by atoms with Crippen molar-refractivity contribution in [2.24, 2.45) is 0 Å². The first-order valence-corrected chi connectivity index (χ1v) is 8.92. The normalized spacial score (nSPS) is 16.6. The van der Waals surface area contributed by atoms with Gasteiger partial charge in [0.15, 0.2) is 5.16 Å². The molecule has 0 fully saturated rings. The Hall–Kier alpha value is -1.82. The summed E-state index contributed by atoms with van der Waals surface area (Å²) < 4.78 is 1.99. The molecule has 1 heterocycles. The predicted octanol–water partition coefficient (Wildman–Crippen LogP) is 3.10. The number of rotatable bonds is 5. The van der Waals surface area contributed by atoms with Crippen molar-refractivity contribution >= 4 is 17.7 Å². The highest BCUT2D eigenvalue weighted by Gasteiger charge is 2.28. The molecule has 0 N–H and O–H groups in total. The molecule has 23 heavy (non-hydrogen) atoms. The molecule has 3 rings (SSSR count). The van der Waals surface area contributed by atoms with Crippen molar-refractivity contribution in [1.29, 1.82) is 0 Å². The van der Waals surface area contributed by atoms with Crippen LogP contribution < -0.4 is 0 Å². The second-order valence-electron chi connectivity index (χ2n) is 6.16. The highest BCUT2D eigenvalue weighted by Crippen LogP contribution is 2.35. The molecule has 122 valence electrons. The van der Waals surface area contributed by atoms with Crippen LogP contribution in [0.5, 0.6) is 0 Å². The summed E-state index contributed by atoms with van der Waals surface area (Å²) in [4.78, 5) is 14.4. The van der Waals surface area contributed by atoms with Crippen molar-refractivity contribution in [1.82, 2.24) is 19.7 Å². The van der Waals surface area contributed by atoms with Gasteiger partial charge in [0.2, 0.25) is 5.91 Å². The first-order chi connectivity index (χ1) is 11.1. The van der Waals surface area contributed by atoms with Gasteiger partial charge < -0.3 is 9.47 Å². The van der Waals surface area contributed by atoms with E-state index in [1.165, 1.54) is 22.9 Å². The fraction of sp³-hybridized carbons (Fsp3) is 0.471. The van der Waals surface area contributed by atoms with Gasteiger partial charge in [-0.2, -0.15) is 0 Å². The molecule has 0 spiro atoms. The van der Waals surface area contributed by atoms with Gasteiger partial charge in [-0.1, -0.05) is 36.0 Å². The molecule has 2 aromatic rings. The van der Waals surface area contributed by atoms with Crippen molar-refractivity contribution in [2.75, 3.05) is 12.8 Å². The average molecular weight is 330 g/mol. The number of nitrogens with zero attached hydrogens (tertiary/aromatic N) is 4. The molecule has 1 aromatic carbocycles. The van der Waals surface area contributed by atoms with Crippen molar-refractivity contribution < 1.29 is 4.79 Å². The summed E-state index contributed by atoms with van der Waals surface area (Å²) in [6.07, 6.45) is 3.77. The Kier molecular flexibility index (Phi) is 4.71. The highest BCUT2D eigenvalue weighted by molar-refractivity contribution is 7.99. The van der Waals surface area contributed by atoms with E-state index in [9.17, 15) is 4.79 Å². The number of carbonyl (C=O) groups is 1. The molecular formula is C17H22N4OS. The minimum absolute atomic E-state index is 0.134. The number of amides is 1. The number of hydrogen-bond donors (Lipinski definition) is 0. The van der Waals surface area contributed by atoms with E-state index in [2.05, 4.69) is 48.3 Å². The maximum Gasteiger partial charge on any atom is 0.233 e. The van der Waals surface area contributed by atoms with Crippen LogP contribution in [0.3, 0.4) is 0 Å². The summed E-state index contributed by atoms with van der Waals surface area (Å²) >= 11 is 1.46. The largest absolute Gasteiger partial charge is 0.338 e. The Bertz CT molecular complexity index is 697. The second-order valence-corrected chi connectivity index (χ2v) is 7.10. The van der Waals surface area contributed by atoms with Crippen molar-refractivity contribution in [3.63, 3.8) is 0 Å². The van der Waals surface area contributed by atoms with Crippen LogP contribution in [0, 0.1) is 0 Å². The lowest BCUT2D eigenvalue weighted by Crippen LogP contribution is -2.31. The Labute approximate surface area is 141 Å². The van der Waals surface area contributed by atoms with Crippen molar-refractivity contribution in [3.05, 3.63) is 41.7 Å². The van der Waals surface area contributed by atoms with E-state index in [-0.39, 0.29) is 11.9 Å². The van der Waals surface area contributed by atoms with Crippen molar-refractivity contribution in [2.45, 2.75) is 43.9 Å². The molecule has 1 aliphatic rings. The zero-order chi connectivity index (χ0) is 16.4. The molecule has 0 aliphatic heterocycles. The SMILES string of the molecule is CC(C)n1cnnc1SCC(=O)N(C)[C@@H]1CCc2ccccc21. The number of aryl methyl sites for hydroxylation is 1. The molecule has 0 saturated heterocycles. The van der Waals surface area contributed by atoms with Crippen LogP contribution in [0.15, 0.2) is 35.7 Å². The molecule has 1 aliphatic carbocycles. The van der Waals surface area contributed by atoms with E-state index < -0.39 is 0 Å². The fourth-order valence-corrected chi connectivity index (χ4v) is 4.00. The van der Waals surface area contributed by atoms with Gasteiger partial charge in [0.05, 0.1) is 11.8 Å². The summed E-state index contributed by atoms with van der Waals surface area (Å²) in [7, 11) is 1.91. The van der Waals surface area contributed by atoms with E-state index in [0.717, 1.165) is 18.0 Å². The lowest BCUT2D eigenvalue weighted by molar-refractivity contribution is -0.129. The zero-order valence-electron chi connectivity index (χ0n) is 13.8. The van der Waals surface area contributed by atoms with Gasteiger partial charge >= 0.3 is 0 Å². The lowest BCUT2D eigenvalue weighted by atomic mass is 10.1. The van der Waals surface area contributed by atoms with Gasteiger partial charge in [0.25, 0.3) is 0 Å². The zero-order valence-corrected chi connectivity index (χ0v) is 14.6. The van der Waals surface area contributed by atoms with Gasteiger partial charge in [-0.25, -0.2) is 0 Å². The van der Waals surface area contributed by atoms with Crippen LogP contribution in [0.4, 0.5) is 0 Å². The monoisotopic (exact) mass is 330 g/mol. The maximum atomic E-state index is 12.6. The molecule has 5 nitrogen and oxygen atoms in total. The topological polar surface area (TPSA) is 51.0 Å². The van der Waals surface area contributed by atoms with Gasteiger partial charge in [0.1, 0.15) is 6.33 Å². The Morgan fingerprint density at radius 3 is 3.00 bits per heavy atom. The van der Waals surface area contributed by atoms with E-state index in [0.29, 0.717) is 11.8 Å². The van der Waals surface area contributed by atoms with E-state index >= 15 is 0 Å². The number of fused-ring (bicyclic) bond motifs is 1. The van der Waals surface area contributed by atoms with Gasteiger partial charge in [-0.15, -0.1) is 10.2 Å². The van der Waals surface area contributed by atoms with Gasteiger partial charge in [-0.05, 0) is 37.8 Å². The number of hydrogen-bond acceptors (Lipinski definition) is 4. The van der Waals surface area contributed by atoms with Crippen molar-refractivity contribution in [3.8, 4) is 0 Å². The van der Waals surface area contributed by atoms with Crippen LogP contribution in [0.2, 0.25) is 0 Å². The summed E-state index contributed by atoms with van der Waals surface area (Å²) in [5.41, 5.74) is 2.66. The summed E-state index contributed by atoms with van der Waals surface area (Å²) in [5, 5.41) is 8.85. The van der Waals surface area contributed by atoms with E-state index in [1.807, 2.05) is 16.5 Å². The minimum Gasteiger partial charge on any atom is -0.338 e. The first-order valence-electron chi connectivity index (χ1n) is 7.93. The summed E-state index contributed by atoms with van der Waals surface area (Å²) in [5.74, 6) is 0.524. The molecular weight excluding hydrogens is 308 g/mol. The first kappa shape index (κ1) is 16.1. The van der Waals surface area contributed by atoms with Crippen LogP contribution in [-0.4, -0.2) is 38.4 Å². The molecule has 0 saturated carbocycles. The molecule has 0 bridgehead atoms. The Morgan fingerprint density at radius 1 is 1.43 bits per heavy atom. The molecule has 0 radical (unpaired) electrons. The molecule has 6 heteroatoms. The lowest BCUT2D eigenvalue weighted by Gasteiger charge is -2.25.